The summed E-state index contributed by atoms with van der Waals surface area (Å²) in [5.74, 6) is -0.480. The first-order valence-electron chi connectivity index (χ1n) is 11.6. The number of benzene rings is 2. The predicted octanol–water partition coefficient (Wildman–Crippen LogP) is 3.07. The molecule has 11 heteroatoms. The Balaban J connectivity index is 1.83. The van der Waals surface area contributed by atoms with Gasteiger partial charge in [-0.25, -0.2) is 13.9 Å². The minimum Gasteiger partial charge on any atom is -0.352 e. The number of halogens is 1. The fraction of sp³-hybridized carbons (Fsp3) is 0.320. The lowest BCUT2D eigenvalue weighted by Gasteiger charge is -2.13. The van der Waals surface area contributed by atoms with E-state index in [1.807, 2.05) is 13.8 Å². The molecule has 0 spiro atoms. The number of amides is 2. The Morgan fingerprint density at radius 3 is 2.44 bits per heavy atom. The maximum absolute atomic E-state index is 13.4. The highest BCUT2D eigenvalue weighted by Crippen LogP contribution is 2.20. The molecule has 0 aliphatic carbocycles. The molecule has 0 fully saturated rings. The van der Waals surface area contributed by atoms with E-state index in [0.29, 0.717) is 22.8 Å². The van der Waals surface area contributed by atoms with Crippen LogP contribution in [0, 0.1) is 5.92 Å². The zero-order valence-corrected chi connectivity index (χ0v) is 21.2. The Hall–Kier alpha value is -3.92. The Kier molecular flexibility index (Phi) is 6.98. The van der Waals surface area contributed by atoms with Gasteiger partial charge < -0.3 is 10.6 Å². The molecule has 2 N–H and O–H groups in total. The predicted molar refractivity (Wildman–Crippen MR) is 139 cm³/mol. The first-order chi connectivity index (χ1) is 17.1. The smallest absolute Gasteiger partial charge is 0.352 e. The van der Waals surface area contributed by atoms with Gasteiger partial charge in [-0.15, -0.1) is 5.10 Å². The van der Waals surface area contributed by atoms with Crippen LogP contribution in [0.25, 0.3) is 16.7 Å². The van der Waals surface area contributed by atoms with Crippen LogP contribution in [-0.2, 0) is 11.3 Å². The number of rotatable bonds is 7. The van der Waals surface area contributed by atoms with Crippen molar-refractivity contribution in [3.8, 4) is 0 Å². The molecule has 0 saturated carbocycles. The van der Waals surface area contributed by atoms with E-state index in [2.05, 4.69) is 15.7 Å². The molecular formula is C25H27ClN6O4. The lowest BCUT2D eigenvalue weighted by Crippen LogP contribution is -2.30. The van der Waals surface area contributed by atoms with Gasteiger partial charge in [0, 0.05) is 18.2 Å². The Morgan fingerprint density at radius 2 is 1.78 bits per heavy atom. The van der Waals surface area contributed by atoms with Gasteiger partial charge in [-0.3, -0.25) is 19.0 Å². The molecule has 0 unspecified atom stereocenters. The number of para-hydroxylation sites is 1. The number of fused-ring (bicyclic) bond motifs is 3. The van der Waals surface area contributed by atoms with E-state index >= 15 is 0 Å². The van der Waals surface area contributed by atoms with E-state index < -0.39 is 18.1 Å². The van der Waals surface area contributed by atoms with Gasteiger partial charge in [-0.2, -0.15) is 0 Å². The summed E-state index contributed by atoms with van der Waals surface area (Å²) < 4.78 is 3.65. The van der Waals surface area contributed by atoms with Crippen LogP contribution in [0.3, 0.4) is 0 Å². The number of hydrogen-bond acceptors (Lipinski definition) is 5. The van der Waals surface area contributed by atoms with Crippen molar-refractivity contribution in [2.75, 3.05) is 11.9 Å². The molecule has 188 valence electrons. The summed E-state index contributed by atoms with van der Waals surface area (Å²) in [4.78, 5) is 52.1. The Bertz CT molecular complexity index is 1600. The number of carbonyl (C=O) groups excluding carboxylic acids is 2. The van der Waals surface area contributed by atoms with Crippen LogP contribution in [0.15, 0.2) is 52.1 Å². The summed E-state index contributed by atoms with van der Waals surface area (Å²) in [6.45, 7) is 7.65. The van der Waals surface area contributed by atoms with E-state index in [-0.39, 0.29) is 40.1 Å². The van der Waals surface area contributed by atoms with Gasteiger partial charge in [0.2, 0.25) is 11.7 Å². The minimum absolute atomic E-state index is 0.0813. The number of nitrogens with one attached hydrogen (secondary N) is 2. The molecule has 2 aromatic heterocycles. The molecule has 0 saturated heterocycles. The first-order valence-corrected chi connectivity index (χ1v) is 12.0. The van der Waals surface area contributed by atoms with Gasteiger partial charge in [-0.05, 0) is 50.1 Å². The van der Waals surface area contributed by atoms with Gasteiger partial charge in [0.15, 0.2) is 0 Å². The average molecular weight is 511 g/mol. The minimum atomic E-state index is -0.613. The maximum Gasteiger partial charge on any atom is 0.352 e. The molecule has 2 heterocycles. The zero-order valence-electron chi connectivity index (χ0n) is 20.4. The summed E-state index contributed by atoms with van der Waals surface area (Å²) in [6, 6.07) is 11.0. The van der Waals surface area contributed by atoms with Crippen molar-refractivity contribution in [3.05, 3.63) is 73.9 Å². The van der Waals surface area contributed by atoms with Crippen LogP contribution in [-0.4, -0.2) is 37.1 Å². The van der Waals surface area contributed by atoms with Gasteiger partial charge >= 0.3 is 5.69 Å². The molecule has 0 aliphatic rings. The molecular weight excluding hydrogens is 484 g/mol. The van der Waals surface area contributed by atoms with Gasteiger partial charge in [0.1, 0.15) is 6.54 Å². The summed E-state index contributed by atoms with van der Waals surface area (Å²) in [5.41, 5.74) is -0.00515. The highest BCUT2D eigenvalue weighted by Gasteiger charge is 2.21. The molecule has 0 atom stereocenters. The molecule has 2 aromatic carbocycles. The van der Waals surface area contributed by atoms with E-state index in [4.69, 9.17) is 11.6 Å². The van der Waals surface area contributed by atoms with Crippen LogP contribution in [0.1, 0.15) is 44.1 Å². The third-order valence-corrected chi connectivity index (χ3v) is 5.95. The standard InChI is InChI=1S/C25H27ClN6O4/c1-14(2)12-27-22(34)16-9-10-17-20(11-16)32-24(31(15(3)4)23(17)35)29-30(25(32)36)13-21(33)28-19-8-6-5-7-18(19)26/h5-11,14-15H,12-13H2,1-4H3,(H,27,34)(H,28,33). The molecule has 4 rings (SSSR count). The Labute approximate surface area is 211 Å². The largest absolute Gasteiger partial charge is 0.352 e. The third-order valence-electron chi connectivity index (χ3n) is 5.62. The summed E-state index contributed by atoms with van der Waals surface area (Å²) in [5, 5.41) is 10.4. The summed E-state index contributed by atoms with van der Waals surface area (Å²) in [6.07, 6.45) is 0. The number of nitrogens with zero attached hydrogens (tertiary/aromatic N) is 4. The van der Waals surface area contributed by atoms with Crippen LogP contribution in [0.4, 0.5) is 5.69 Å². The topological polar surface area (TPSA) is 120 Å². The molecule has 0 bridgehead atoms. The van der Waals surface area contributed by atoms with Crippen LogP contribution in [0.2, 0.25) is 5.02 Å². The van der Waals surface area contributed by atoms with Gasteiger partial charge in [0.25, 0.3) is 11.5 Å². The second-order valence-corrected chi connectivity index (χ2v) is 9.62. The monoisotopic (exact) mass is 510 g/mol. The third kappa shape index (κ3) is 4.76. The number of aromatic nitrogens is 4. The SMILES string of the molecule is CC(C)CNC(=O)c1ccc2c(=O)n(C(C)C)c3nn(CC(=O)Nc4ccccc4Cl)c(=O)n3c2c1. The molecule has 0 radical (unpaired) electrons. The lowest BCUT2D eigenvalue weighted by molar-refractivity contribution is -0.117. The number of carbonyl (C=O) groups is 2. The Morgan fingerprint density at radius 1 is 1.06 bits per heavy atom. The van der Waals surface area contributed by atoms with E-state index in [0.717, 1.165) is 4.68 Å². The van der Waals surface area contributed by atoms with Crippen molar-refractivity contribution < 1.29 is 9.59 Å². The molecule has 10 nitrogen and oxygen atoms in total. The van der Waals surface area contributed by atoms with Crippen molar-refractivity contribution in [3.63, 3.8) is 0 Å². The molecule has 0 aliphatic heterocycles. The van der Waals surface area contributed by atoms with Gasteiger partial charge in [-0.1, -0.05) is 37.6 Å². The molecule has 2 amide bonds. The lowest BCUT2D eigenvalue weighted by atomic mass is 10.1. The maximum atomic E-state index is 13.4. The second kappa shape index (κ2) is 9.98. The normalized spacial score (nSPS) is 11.5. The van der Waals surface area contributed by atoms with E-state index in [1.165, 1.54) is 21.1 Å². The van der Waals surface area contributed by atoms with Crippen molar-refractivity contribution >= 4 is 45.8 Å². The van der Waals surface area contributed by atoms with E-state index in [1.54, 1.807) is 44.2 Å². The quantitative estimate of drug-likeness (QED) is 0.396. The average Bonchev–Trinajstić information content (AvgIpc) is 3.13. The zero-order chi connectivity index (χ0) is 26.1. The highest BCUT2D eigenvalue weighted by atomic mass is 35.5. The number of hydrogen-bond donors (Lipinski definition) is 2. The first kappa shape index (κ1) is 25.2. The summed E-state index contributed by atoms with van der Waals surface area (Å²) in [7, 11) is 0. The fourth-order valence-electron chi connectivity index (χ4n) is 3.88. The molecule has 4 aromatic rings. The highest BCUT2D eigenvalue weighted by molar-refractivity contribution is 6.33. The van der Waals surface area contributed by atoms with Crippen LogP contribution < -0.4 is 21.9 Å². The van der Waals surface area contributed by atoms with Crippen LogP contribution >= 0.6 is 11.6 Å². The summed E-state index contributed by atoms with van der Waals surface area (Å²) >= 11 is 6.11. The van der Waals surface area contributed by atoms with Crippen molar-refractivity contribution in [1.82, 2.24) is 24.1 Å². The molecule has 36 heavy (non-hydrogen) atoms. The van der Waals surface area contributed by atoms with Crippen molar-refractivity contribution in [2.24, 2.45) is 5.92 Å². The number of anilines is 1. The fourth-order valence-corrected chi connectivity index (χ4v) is 4.06. The van der Waals surface area contributed by atoms with Crippen molar-refractivity contribution in [2.45, 2.75) is 40.3 Å². The van der Waals surface area contributed by atoms with Gasteiger partial charge in [0.05, 0.1) is 21.6 Å². The van der Waals surface area contributed by atoms with Crippen LogP contribution in [0.5, 0.6) is 0 Å². The van der Waals surface area contributed by atoms with Crippen molar-refractivity contribution in [1.29, 1.82) is 0 Å². The second-order valence-electron chi connectivity index (χ2n) is 9.21. The van der Waals surface area contributed by atoms with E-state index in [9.17, 15) is 19.2 Å².